The van der Waals surface area contributed by atoms with Crippen molar-refractivity contribution in [2.75, 3.05) is 26.4 Å². The molecule has 2 amide bonds. The normalized spacial score (nSPS) is 19.2. The summed E-state index contributed by atoms with van der Waals surface area (Å²) in [5.41, 5.74) is 0.761. The number of rotatable bonds is 15. The van der Waals surface area contributed by atoms with Crippen molar-refractivity contribution in [3.63, 3.8) is 0 Å². The lowest BCUT2D eigenvalue weighted by molar-refractivity contribution is -0.0637. The van der Waals surface area contributed by atoms with E-state index in [-0.39, 0.29) is 25.3 Å². The highest BCUT2D eigenvalue weighted by Crippen LogP contribution is 2.41. The highest BCUT2D eigenvalue weighted by molar-refractivity contribution is 14.1. The summed E-state index contributed by atoms with van der Waals surface area (Å²) in [5.74, 6) is 1.24. The summed E-state index contributed by atoms with van der Waals surface area (Å²) in [6.07, 6.45) is -2.17. The van der Waals surface area contributed by atoms with Crippen LogP contribution in [0.1, 0.15) is 104 Å². The topological polar surface area (TPSA) is 114 Å². The van der Waals surface area contributed by atoms with Crippen molar-refractivity contribution in [1.82, 2.24) is 9.80 Å². The van der Waals surface area contributed by atoms with E-state index >= 15 is 0 Å². The lowest BCUT2D eigenvalue weighted by Crippen LogP contribution is -2.47. The summed E-state index contributed by atoms with van der Waals surface area (Å²) in [7, 11) is 0. The van der Waals surface area contributed by atoms with Gasteiger partial charge in [-0.25, -0.2) is 9.59 Å². The highest BCUT2D eigenvalue weighted by Gasteiger charge is 2.48. The molecule has 4 aromatic rings. The van der Waals surface area contributed by atoms with Crippen molar-refractivity contribution in [3.05, 3.63) is 126 Å². The number of carbonyl (C=O) groups is 2. The van der Waals surface area contributed by atoms with E-state index in [9.17, 15) is 9.59 Å². The van der Waals surface area contributed by atoms with Gasteiger partial charge in [0.2, 0.25) is 0 Å². The largest absolute Gasteiger partial charge is 0.483 e. The van der Waals surface area contributed by atoms with Gasteiger partial charge in [0.15, 0.2) is 12.2 Å². The van der Waals surface area contributed by atoms with Crippen LogP contribution in [0, 0.1) is 7.14 Å². The average molecular weight is 1100 g/mol. The predicted octanol–water partition coefficient (Wildman–Crippen LogP) is 11.6. The molecule has 4 aromatic carbocycles. The van der Waals surface area contributed by atoms with Crippen LogP contribution >= 0.6 is 45.2 Å². The molecule has 0 bridgehead atoms. The number of hydrogen-bond acceptors (Lipinski definition) is 10. The van der Waals surface area contributed by atoms with Crippen molar-refractivity contribution in [2.45, 2.75) is 129 Å². The van der Waals surface area contributed by atoms with Crippen molar-refractivity contribution in [1.29, 1.82) is 0 Å². The molecule has 0 unspecified atom stereocenters. The molecule has 2 aliphatic rings. The van der Waals surface area contributed by atoms with Crippen LogP contribution in [0.15, 0.2) is 97.1 Å². The molecular formula is C50H62I2N2O10. The number of carbonyl (C=O) groups excluding carboxylic acids is 2. The smallest absolute Gasteiger partial charge is 0.413 e. The second kappa shape index (κ2) is 20.9. The lowest BCUT2D eigenvalue weighted by Gasteiger charge is -2.35. The Balaban J connectivity index is 1.30. The molecule has 2 heterocycles. The van der Waals surface area contributed by atoms with Crippen LogP contribution in [0.25, 0.3) is 0 Å². The number of amides is 2. The number of benzene rings is 4. The highest BCUT2D eigenvalue weighted by atomic mass is 127. The summed E-state index contributed by atoms with van der Waals surface area (Å²) in [6, 6.07) is 31.0. The molecule has 4 atom stereocenters. The summed E-state index contributed by atoms with van der Waals surface area (Å²) in [6.45, 7) is 20.3. The Hall–Kier alpha value is -3.68. The minimum absolute atomic E-state index is 0.178. The molecule has 0 aromatic heterocycles. The molecule has 0 saturated carbocycles. The molecular weight excluding hydrogens is 1040 g/mol. The molecule has 14 heteroatoms. The summed E-state index contributed by atoms with van der Waals surface area (Å²) < 4.78 is 52.2. The van der Waals surface area contributed by atoms with Crippen molar-refractivity contribution in [3.8, 4) is 11.5 Å². The molecule has 0 aliphatic carbocycles. The van der Waals surface area contributed by atoms with E-state index in [1.807, 2.05) is 166 Å². The van der Waals surface area contributed by atoms with Crippen LogP contribution in [0.3, 0.4) is 0 Å². The number of hydrogen-bond donors (Lipinski definition) is 0. The third-order valence-electron chi connectivity index (χ3n) is 10.6. The van der Waals surface area contributed by atoms with E-state index in [1.54, 1.807) is 9.80 Å². The minimum Gasteiger partial charge on any atom is -0.483 e. The SMILES string of the molecule is CC(C)(C)OC(=O)N1[C@H](c2ccc(O[C@H](COCc3ccccc3)[C@@H](COCc3ccccc3)Oc3ccc([C@@H]4COC(C)(C)N4C(=O)OC(C)(C)C)cc3I)c(I)c2)COC1(C)C. The molecule has 6 rings (SSSR count). The first-order valence-electron chi connectivity index (χ1n) is 21.6. The Labute approximate surface area is 405 Å². The van der Waals surface area contributed by atoms with Gasteiger partial charge in [0.05, 0.1) is 58.9 Å². The van der Waals surface area contributed by atoms with Crippen LogP contribution in [-0.2, 0) is 41.6 Å². The van der Waals surface area contributed by atoms with Gasteiger partial charge in [-0.3, -0.25) is 9.80 Å². The first-order chi connectivity index (χ1) is 30.1. The zero-order chi connectivity index (χ0) is 46.5. The number of halogens is 2. The van der Waals surface area contributed by atoms with E-state index in [0.717, 1.165) is 29.4 Å². The Kier molecular flexibility index (Phi) is 16.2. The maximum absolute atomic E-state index is 13.5. The van der Waals surface area contributed by atoms with Crippen LogP contribution in [0.4, 0.5) is 9.59 Å². The van der Waals surface area contributed by atoms with Crippen LogP contribution < -0.4 is 9.47 Å². The van der Waals surface area contributed by atoms with Gasteiger partial charge in [-0.15, -0.1) is 0 Å². The first-order valence-corrected chi connectivity index (χ1v) is 23.7. The van der Waals surface area contributed by atoms with Gasteiger partial charge in [-0.05, 0) is 161 Å². The summed E-state index contributed by atoms with van der Waals surface area (Å²) in [4.78, 5) is 30.4. The standard InChI is InChI=1S/C50H62I2N2O10/c1-47(2,3)63-45(55)53-39(29-59-49(53,7)8)35-21-23-41(37(51)25-35)61-43(31-57-27-33-17-13-11-14-18-33)44(32-58-28-34-19-15-12-16-20-34)62-42-24-22-36(26-38(42)52)40-30-60-50(9,10)54(40)46(56)64-48(4,5)6/h11-26,39-40,43-44H,27-32H2,1-10H3/t39-,40-,43+,44+/m0/s1. The van der Waals surface area contributed by atoms with Gasteiger partial charge in [-0.2, -0.15) is 0 Å². The van der Waals surface area contributed by atoms with Gasteiger partial charge in [0.25, 0.3) is 0 Å². The fourth-order valence-electron chi connectivity index (χ4n) is 7.55. The zero-order valence-electron chi connectivity index (χ0n) is 38.5. The first kappa shape index (κ1) is 49.7. The lowest BCUT2D eigenvalue weighted by atomic mass is 10.1. The third-order valence-corrected chi connectivity index (χ3v) is 12.3. The Morgan fingerprint density at radius 3 is 1.30 bits per heavy atom. The predicted molar refractivity (Wildman–Crippen MR) is 261 cm³/mol. The van der Waals surface area contributed by atoms with Crippen LogP contribution in [0.5, 0.6) is 11.5 Å². The number of ether oxygens (including phenoxy) is 8. The van der Waals surface area contributed by atoms with Crippen LogP contribution in [-0.4, -0.2) is 83.3 Å². The molecule has 2 aliphatic heterocycles. The molecule has 2 saturated heterocycles. The third kappa shape index (κ3) is 13.2. The molecule has 12 nitrogen and oxygen atoms in total. The molecule has 2 fully saturated rings. The second-order valence-corrected chi connectivity index (χ2v) is 21.3. The molecule has 346 valence electrons. The van der Waals surface area contributed by atoms with E-state index in [4.69, 9.17) is 37.9 Å². The van der Waals surface area contributed by atoms with E-state index in [0.29, 0.717) is 37.9 Å². The fraction of sp³-hybridized carbons (Fsp3) is 0.480. The molecule has 0 N–H and O–H groups in total. The van der Waals surface area contributed by atoms with Crippen molar-refractivity contribution in [2.24, 2.45) is 0 Å². The zero-order valence-corrected chi connectivity index (χ0v) is 42.8. The Morgan fingerprint density at radius 1 is 0.609 bits per heavy atom. The molecule has 64 heavy (non-hydrogen) atoms. The van der Waals surface area contributed by atoms with Gasteiger partial charge in [0, 0.05) is 0 Å². The molecule has 0 radical (unpaired) electrons. The Bertz CT molecular complexity index is 2040. The number of nitrogens with zero attached hydrogens (tertiary/aromatic N) is 2. The van der Waals surface area contributed by atoms with E-state index in [1.165, 1.54) is 0 Å². The quantitative estimate of drug-likeness (QED) is 0.107. The summed E-state index contributed by atoms with van der Waals surface area (Å²) in [5, 5.41) is 0. The maximum atomic E-state index is 13.5. The van der Waals surface area contributed by atoms with Gasteiger partial charge >= 0.3 is 12.2 Å². The molecule has 0 spiro atoms. The van der Waals surface area contributed by atoms with E-state index in [2.05, 4.69) is 45.2 Å². The fourth-order valence-corrected chi connectivity index (χ4v) is 8.88. The van der Waals surface area contributed by atoms with Gasteiger partial charge in [-0.1, -0.05) is 72.8 Å². The average Bonchev–Trinajstić information content (AvgIpc) is 3.72. The van der Waals surface area contributed by atoms with Crippen LogP contribution in [0.2, 0.25) is 0 Å². The van der Waals surface area contributed by atoms with E-state index < -0.39 is 47.0 Å². The van der Waals surface area contributed by atoms with Crippen molar-refractivity contribution >= 4 is 57.4 Å². The monoisotopic (exact) mass is 1100 g/mol. The second-order valence-electron chi connectivity index (χ2n) is 18.9. The summed E-state index contributed by atoms with van der Waals surface area (Å²) >= 11 is 4.55. The Morgan fingerprint density at radius 2 is 0.969 bits per heavy atom. The van der Waals surface area contributed by atoms with Gasteiger partial charge < -0.3 is 37.9 Å². The minimum atomic E-state index is -0.867. The maximum Gasteiger partial charge on any atom is 0.413 e. The van der Waals surface area contributed by atoms with Crippen molar-refractivity contribution < 1.29 is 47.5 Å². The van der Waals surface area contributed by atoms with Gasteiger partial charge in [0.1, 0.15) is 34.2 Å².